The van der Waals surface area contributed by atoms with Crippen molar-refractivity contribution in [2.45, 2.75) is 26.9 Å². The summed E-state index contributed by atoms with van der Waals surface area (Å²) in [6, 6.07) is 3.68. The molecule has 16 heavy (non-hydrogen) atoms. The largest absolute Gasteiger partial charge is 0.466 e. The lowest BCUT2D eigenvalue weighted by Gasteiger charge is -2.10. The van der Waals surface area contributed by atoms with Crippen molar-refractivity contribution in [3.63, 3.8) is 0 Å². The highest BCUT2D eigenvalue weighted by molar-refractivity contribution is 5.38. The zero-order chi connectivity index (χ0) is 11.7. The maximum Gasteiger partial charge on any atom is 0.109 e. The van der Waals surface area contributed by atoms with Crippen LogP contribution < -0.4 is 0 Å². The molecule has 0 aliphatic rings. The van der Waals surface area contributed by atoms with Crippen LogP contribution in [-0.4, -0.2) is 10.1 Å². The number of hydrogen-bond acceptors (Lipinski definition) is 3. The molecule has 0 aliphatic carbocycles. The second-order valence-corrected chi connectivity index (χ2v) is 3.94. The fraction of sp³-hybridized carbons (Fsp3) is 0.308. The van der Waals surface area contributed by atoms with Crippen LogP contribution in [0, 0.1) is 20.8 Å². The molecular weight excluding hydrogens is 202 g/mol. The van der Waals surface area contributed by atoms with Gasteiger partial charge in [-0.05, 0) is 32.4 Å². The molecule has 0 saturated heterocycles. The maximum atomic E-state index is 10.3. The van der Waals surface area contributed by atoms with Crippen LogP contribution in [0.25, 0.3) is 0 Å². The van der Waals surface area contributed by atoms with Crippen LogP contribution in [0.5, 0.6) is 0 Å². The number of pyridine rings is 1. The van der Waals surface area contributed by atoms with Gasteiger partial charge in [-0.15, -0.1) is 0 Å². The Labute approximate surface area is 94.8 Å². The zero-order valence-electron chi connectivity index (χ0n) is 9.69. The number of aryl methyl sites for hydroxylation is 2. The van der Waals surface area contributed by atoms with Crippen molar-refractivity contribution in [3.8, 4) is 0 Å². The molecule has 2 aromatic rings. The molecule has 0 spiro atoms. The molecule has 3 nitrogen and oxygen atoms in total. The van der Waals surface area contributed by atoms with Crippen molar-refractivity contribution in [3.05, 3.63) is 52.7 Å². The predicted octanol–water partition coefficient (Wildman–Crippen LogP) is 2.68. The van der Waals surface area contributed by atoms with E-state index >= 15 is 0 Å². The van der Waals surface area contributed by atoms with Gasteiger partial charge < -0.3 is 9.52 Å². The molecule has 0 saturated carbocycles. The summed E-state index contributed by atoms with van der Waals surface area (Å²) >= 11 is 0. The second-order valence-electron chi connectivity index (χ2n) is 3.94. The van der Waals surface area contributed by atoms with E-state index in [2.05, 4.69) is 4.98 Å². The molecular formula is C13H15NO2. The molecule has 2 heterocycles. The molecule has 0 amide bonds. The van der Waals surface area contributed by atoms with Crippen LogP contribution in [-0.2, 0) is 0 Å². The van der Waals surface area contributed by atoms with Crippen LogP contribution in [0.3, 0.4) is 0 Å². The van der Waals surface area contributed by atoms with E-state index in [0.717, 1.165) is 28.2 Å². The Hall–Kier alpha value is -1.61. The van der Waals surface area contributed by atoms with Gasteiger partial charge in [-0.1, -0.05) is 6.07 Å². The maximum absolute atomic E-state index is 10.3. The number of hydrogen-bond donors (Lipinski definition) is 1. The highest BCUT2D eigenvalue weighted by Gasteiger charge is 2.20. The lowest BCUT2D eigenvalue weighted by atomic mass is 9.99. The summed E-state index contributed by atoms with van der Waals surface area (Å²) in [6.45, 7) is 5.73. The van der Waals surface area contributed by atoms with Gasteiger partial charge in [0.2, 0.25) is 0 Å². The Balaban J connectivity index is 2.45. The number of nitrogens with zero attached hydrogens (tertiary/aromatic N) is 1. The molecule has 0 radical (unpaired) electrons. The first-order valence-electron chi connectivity index (χ1n) is 5.25. The van der Waals surface area contributed by atoms with Crippen molar-refractivity contribution in [2.24, 2.45) is 0 Å². The average molecular weight is 217 g/mol. The number of aromatic nitrogens is 1. The lowest BCUT2D eigenvalue weighted by molar-refractivity contribution is 0.217. The van der Waals surface area contributed by atoms with Crippen LogP contribution in [0.15, 0.2) is 28.9 Å². The van der Waals surface area contributed by atoms with E-state index in [0.29, 0.717) is 0 Å². The van der Waals surface area contributed by atoms with Crippen molar-refractivity contribution >= 4 is 0 Å². The van der Waals surface area contributed by atoms with Gasteiger partial charge in [0.1, 0.15) is 17.6 Å². The number of aliphatic hydroxyl groups excluding tert-OH is 1. The Bertz CT molecular complexity index is 488. The first-order valence-corrected chi connectivity index (χ1v) is 5.25. The van der Waals surface area contributed by atoms with Crippen molar-refractivity contribution in [2.75, 3.05) is 0 Å². The third kappa shape index (κ3) is 1.74. The number of aliphatic hydroxyl groups is 1. The monoisotopic (exact) mass is 217 g/mol. The molecule has 84 valence electrons. The van der Waals surface area contributed by atoms with Crippen molar-refractivity contribution in [1.29, 1.82) is 0 Å². The summed E-state index contributed by atoms with van der Waals surface area (Å²) in [4.78, 5) is 4.01. The molecule has 0 aromatic carbocycles. The molecule has 1 atom stereocenters. The second kappa shape index (κ2) is 4.10. The first-order chi connectivity index (χ1) is 7.61. The summed E-state index contributed by atoms with van der Waals surface area (Å²) < 4.78 is 5.51. The quantitative estimate of drug-likeness (QED) is 0.841. The SMILES string of the molecule is Cc1oc(C)c(C(O)c2cccnc2)c1C. The van der Waals surface area contributed by atoms with Crippen LogP contribution in [0.2, 0.25) is 0 Å². The summed E-state index contributed by atoms with van der Waals surface area (Å²) in [5.41, 5.74) is 2.65. The molecule has 0 fully saturated rings. The fourth-order valence-electron chi connectivity index (χ4n) is 1.92. The third-order valence-electron chi connectivity index (χ3n) is 2.89. The Kier molecular flexibility index (Phi) is 2.79. The summed E-state index contributed by atoms with van der Waals surface area (Å²) in [5.74, 6) is 1.63. The molecule has 0 aliphatic heterocycles. The summed E-state index contributed by atoms with van der Waals surface area (Å²) in [6.07, 6.45) is 2.70. The Morgan fingerprint density at radius 2 is 2.00 bits per heavy atom. The first kappa shape index (κ1) is 10.9. The van der Waals surface area contributed by atoms with E-state index in [1.54, 1.807) is 12.4 Å². The van der Waals surface area contributed by atoms with Gasteiger partial charge in [-0.3, -0.25) is 4.98 Å². The minimum atomic E-state index is -0.661. The third-order valence-corrected chi connectivity index (χ3v) is 2.89. The van der Waals surface area contributed by atoms with Gasteiger partial charge in [0.15, 0.2) is 0 Å². The van der Waals surface area contributed by atoms with E-state index < -0.39 is 6.10 Å². The van der Waals surface area contributed by atoms with E-state index in [-0.39, 0.29) is 0 Å². The van der Waals surface area contributed by atoms with Crippen molar-refractivity contribution < 1.29 is 9.52 Å². The normalized spacial score (nSPS) is 12.8. The zero-order valence-corrected chi connectivity index (χ0v) is 9.69. The topological polar surface area (TPSA) is 46.3 Å². The predicted molar refractivity (Wildman–Crippen MR) is 61.2 cm³/mol. The standard InChI is InChI=1S/C13H15NO2/c1-8-9(2)16-10(3)12(8)13(15)11-5-4-6-14-7-11/h4-7,13,15H,1-3H3. The van der Waals surface area contributed by atoms with Gasteiger partial charge in [-0.2, -0.15) is 0 Å². The van der Waals surface area contributed by atoms with Crippen LogP contribution >= 0.6 is 0 Å². The molecule has 1 N–H and O–H groups in total. The Morgan fingerprint density at radius 3 is 2.50 bits per heavy atom. The van der Waals surface area contributed by atoms with E-state index in [9.17, 15) is 5.11 Å². The van der Waals surface area contributed by atoms with Gasteiger partial charge in [0.25, 0.3) is 0 Å². The van der Waals surface area contributed by atoms with Crippen LogP contribution in [0.4, 0.5) is 0 Å². The molecule has 3 heteroatoms. The van der Waals surface area contributed by atoms with Gasteiger partial charge in [0, 0.05) is 23.5 Å². The fourth-order valence-corrected chi connectivity index (χ4v) is 1.92. The highest BCUT2D eigenvalue weighted by atomic mass is 16.3. The number of rotatable bonds is 2. The molecule has 0 bridgehead atoms. The van der Waals surface area contributed by atoms with Crippen molar-refractivity contribution in [1.82, 2.24) is 4.98 Å². The van der Waals surface area contributed by atoms with E-state index in [1.165, 1.54) is 0 Å². The van der Waals surface area contributed by atoms with Gasteiger partial charge in [-0.25, -0.2) is 0 Å². The van der Waals surface area contributed by atoms with Crippen LogP contribution in [0.1, 0.15) is 34.3 Å². The Morgan fingerprint density at radius 1 is 1.25 bits per heavy atom. The minimum absolute atomic E-state index is 0.661. The van der Waals surface area contributed by atoms with E-state index in [4.69, 9.17) is 4.42 Å². The smallest absolute Gasteiger partial charge is 0.109 e. The molecule has 1 unspecified atom stereocenters. The summed E-state index contributed by atoms with van der Waals surface area (Å²) in [5, 5.41) is 10.3. The minimum Gasteiger partial charge on any atom is -0.466 e. The highest BCUT2D eigenvalue weighted by Crippen LogP contribution is 2.30. The molecule has 2 rings (SSSR count). The van der Waals surface area contributed by atoms with Gasteiger partial charge in [0.05, 0.1) is 0 Å². The average Bonchev–Trinajstić information content (AvgIpc) is 2.54. The number of furan rings is 1. The summed E-state index contributed by atoms with van der Waals surface area (Å²) in [7, 11) is 0. The molecule has 2 aromatic heterocycles. The lowest BCUT2D eigenvalue weighted by Crippen LogP contribution is -2.02. The van der Waals surface area contributed by atoms with Gasteiger partial charge >= 0.3 is 0 Å². The van der Waals surface area contributed by atoms with E-state index in [1.807, 2.05) is 32.9 Å².